The van der Waals surface area contributed by atoms with Gasteiger partial charge in [-0.15, -0.1) is 0 Å². The molecule has 1 atom stereocenters. The minimum atomic E-state index is -3.79. The maximum atomic E-state index is 13.1. The number of amides is 1. The van der Waals surface area contributed by atoms with Crippen LogP contribution in [0.15, 0.2) is 82.6 Å². The van der Waals surface area contributed by atoms with Crippen molar-refractivity contribution in [3.8, 4) is 5.75 Å². The number of sulfonamides is 2. The van der Waals surface area contributed by atoms with Crippen LogP contribution in [0.2, 0.25) is 0 Å². The van der Waals surface area contributed by atoms with Gasteiger partial charge in [0.15, 0.2) is 0 Å². The van der Waals surface area contributed by atoms with Crippen molar-refractivity contribution in [2.75, 3.05) is 30.2 Å². The number of aryl methyl sites for hydroxylation is 1. The first-order chi connectivity index (χ1) is 17.6. The van der Waals surface area contributed by atoms with E-state index >= 15 is 0 Å². The fraction of sp³-hybridized carbons (Fsp3) is 0.269. The van der Waals surface area contributed by atoms with Gasteiger partial charge in [0.25, 0.3) is 10.0 Å². The summed E-state index contributed by atoms with van der Waals surface area (Å²) in [5, 5.41) is 2.78. The second-order valence-electron chi connectivity index (χ2n) is 8.87. The molecule has 4 rings (SSSR count). The molecule has 0 unspecified atom stereocenters. The van der Waals surface area contributed by atoms with E-state index in [0.29, 0.717) is 36.5 Å². The molecule has 0 radical (unpaired) electrons. The number of nitrogens with one attached hydrogen (secondary N) is 2. The molecule has 1 fully saturated rings. The van der Waals surface area contributed by atoms with E-state index < -0.39 is 26.0 Å². The third-order valence-electron chi connectivity index (χ3n) is 6.15. The topological polar surface area (TPSA) is 122 Å². The van der Waals surface area contributed by atoms with Gasteiger partial charge >= 0.3 is 0 Å². The van der Waals surface area contributed by atoms with Crippen molar-refractivity contribution in [2.24, 2.45) is 5.92 Å². The van der Waals surface area contributed by atoms with Crippen LogP contribution in [0, 0.1) is 12.8 Å². The monoisotopic (exact) mass is 543 g/mol. The van der Waals surface area contributed by atoms with Crippen molar-refractivity contribution in [2.45, 2.75) is 29.6 Å². The third-order valence-corrected chi connectivity index (χ3v) is 9.43. The Labute approximate surface area is 217 Å². The smallest absolute Gasteiger partial charge is 0.261 e. The van der Waals surface area contributed by atoms with Crippen LogP contribution < -0.4 is 14.8 Å². The van der Waals surface area contributed by atoms with Crippen molar-refractivity contribution in [1.29, 1.82) is 0 Å². The van der Waals surface area contributed by atoms with Gasteiger partial charge in [-0.25, -0.2) is 16.8 Å². The SMILES string of the molecule is COc1ccc(S(=O)(=O)N2CCC[C@@H](C(=O)Nc3ccc(S(=O)(=O)Nc4cccc(C)c4)cc3)C2)cc1. The normalized spacial score (nSPS) is 16.6. The maximum absolute atomic E-state index is 13.1. The number of ether oxygens (including phenoxy) is 1. The average molecular weight is 544 g/mol. The van der Waals surface area contributed by atoms with Gasteiger partial charge in [0.05, 0.1) is 22.8 Å². The van der Waals surface area contributed by atoms with Gasteiger partial charge in [0.1, 0.15) is 5.75 Å². The summed E-state index contributed by atoms with van der Waals surface area (Å²) in [6.45, 7) is 2.26. The van der Waals surface area contributed by atoms with Gasteiger partial charge in [-0.2, -0.15) is 4.31 Å². The number of carbonyl (C=O) groups excluding carboxylic acids is 1. The standard InChI is InChI=1S/C26H29N3O6S2/c1-19-5-3-7-22(17-19)28-36(31,32)24-12-8-21(9-13-24)27-26(30)20-6-4-16-29(18-20)37(33,34)25-14-10-23(35-2)11-15-25/h3,5,7-15,17,20,28H,4,6,16,18H2,1-2H3,(H,27,30)/t20-/m1/s1. The second kappa shape index (κ2) is 10.9. The summed E-state index contributed by atoms with van der Waals surface area (Å²) in [4.78, 5) is 13.1. The largest absolute Gasteiger partial charge is 0.497 e. The fourth-order valence-corrected chi connectivity index (χ4v) is 6.73. The fourth-order valence-electron chi connectivity index (χ4n) is 4.16. The van der Waals surface area contributed by atoms with Crippen LogP contribution >= 0.6 is 0 Å². The van der Waals surface area contributed by atoms with E-state index in [4.69, 9.17) is 4.74 Å². The Hall–Kier alpha value is -3.41. The Morgan fingerprint density at radius 1 is 0.919 bits per heavy atom. The highest BCUT2D eigenvalue weighted by Gasteiger charge is 2.33. The van der Waals surface area contributed by atoms with E-state index in [9.17, 15) is 21.6 Å². The summed E-state index contributed by atoms with van der Waals surface area (Å²) < 4.78 is 60.5. The predicted molar refractivity (Wildman–Crippen MR) is 142 cm³/mol. The van der Waals surface area contributed by atoms with E-state index in [1.807, 2.05) is 13.0 Å². The van der Waals surface area contributed by atoms with Gasteiger partial charge < -0.3 is 10.1 Å². The molecule has 196 valence electrons. The van der Waals surface area contributed by atoms with Crippen molar-refractivity contribution in [3.05, 3.63) is 78.4 Å². The highest BCUT2D eigenvalue weighted by Crippen LogP contribution is 2.26. The molecular formula is C26H29N3O6S2. The Morgan fingerprint density at radius 3 is 2.24 bits per heavy atom. The molecule has 0 aromatic heterocycles. The van der Waals surface area contributed by atoms with Crippen molar-refractivity contribution >= 4 is 37.3 Å². The number of benzene rings is 3. The van der Waals surface area contributed by atoms with Crippen LogP contribution in [0.4, 0.5) is 11.4 Å². The zero-order valence-electron chi connectivity index (χ0n) is 20.5. The van der Waals surface area contributed by atoms with Crippen molar-refractivity contribution < 1.29 is 26.4 Å². The highest BCUT2D eigenvalue weighted by atomic mass is 32.2. The van der Waals surface area contributed by atoms with Crippen LogP contribution in [-0.4, -0.2) is 47.2 Å². The van der Waals surface area contributed by atoms with Crippen LogP contribution in [0.5, 0.6) is 5.75 Å². The first-order valence-electron chi connectivity index (χ1n) is 11.7. The predicted octanol–water partition coefficient (Wildman–Crippen LogP) is 3.84. The number of hydrogen-bond donors (Lipinski definition) is 2. The van der Waals surface area contributed by atoms with E-state index in [-0.39, 0.29) is 22.2 Å². The number of nitrogens with zero attached hydrogens (tertiary/aromatic N) is 1. The summed E-state index contributed by atoms with van der Waals surface area (Å²) in [6.07, 6.45) is 1.10. The quantitative estimate of drug-likeness (QED) is 0.445. The molecule has 1 saturated heterocycles. The third kappa shape index (κ3) is 6.30. The van der Waals surface area contributed by atoms with E-state index in [0.717, 1.165) is 5.56 Å². The van der Waals surface area contributed by atoms with E-state index in [2.05, 4.69) is 10.0 Å². The maximum Gasteiger partial charge on any atom is 0.261 e. The Balaban J connectivity index is 1.40. The molecule has 0 aliphatic carbocycles. The molecule has 2 N–H and O–H groups in total. The summed E-state index contributed by atoms with van der Waals surface area (Å²) >= 11 is 0. The molecule has 0 spiro atoms. The molecule has 0 bridgehead atoms. The van der Waals surface area contributed by atoms with Crippen molar-refractivity contribution in [1.82, 2.24) is 4.31 Å². The number of carbonyl (C=O) groups is 1. The molecular weight excluding hydrogens is 514 g/mol. The highest BCUT2D eigenvalue weighted by molar-refractivity contribution is 7.92. The summed E-state index contributed by atoms with van der Waals surface area (Å²) in [6, 6.07) is 19.0. The van der Waals surface area contributed by atoms with Gasteiger partial charge in [-0.1, -0.05) is 12.1 Å². The Bertz CT molecular complexity index is 1470. The minimum absolute atomic E-state index is 0.0569. The molecule has 1 aliphatic rings. The van der Waals surface area contributed by atoms with Crippen LogP contribution in [0.25, 0.3) is 0 Å². The molecule has 1 amide bonds. The van der Waals surface area contributed by atoms with Crippen LogP contribution in [0.1, 0.15) is 18.4 Å². The number of anilines is 2. The lowest BCUT2D eigenvalue weighted by atomic mass is 9.99. The summed E-state index contributed by atoms with van der Waals surface area (Å²) in [5.74, 6) is -0.295. The van der Waals surface area contributed by atoms with Gasteiger partial charge in [-0.05, 0) is 86.0 Å². The summed E-state index contributed by atoms with van der Waals surface area (Å²) in [7, 11) is -6.04. The zero-order valence-corrected chi connectivity index (χ0v) is 22.2. The molecule has 1 aliphatic heterocycles. The number of rotatable bonds is 8. The molecule has 3 aromatic rings. The first kappa shape index (κ1) is 26.6. The van der Waals surface area contributed by atoms with E-state index in [1.54, 1.807) is 30.3 Å². The number of hydrogen-bond acceptors (Lipinski definition) is 6. The van der Waals surface area contributed by atoms with Crippen LogP contribution in [0.3, 0.4) is 0 Å². The lowest BCUT2D eigenvalue weighted by Crippen LogP contribution is -2.43. The Kier molecular flexibility index (Phi) is 7.86. The van der Waals surface area contributed by atoms with Gasteiger partial charge in [0.2, 0.25) is 15.9 Å². The number of methoxy groups -OCH3 is 1. The zero-order chi connectivity index (χ0) is 26.6. The molecule has 3 aromatic carbocycles. The summed E-state index contributed by atoms with van der Waals surface area (Å²) in [5.41, 5.74) is 1.81. The Morgan fingerprint density at radius 2 is 1.59 bits per heavy atom. The lowest BCUT2D eigenvalue weighted by Gasteiger charge is -2.31. The first-order valence-corrected chi connectivity index (χ1v) is 14.7. The minimum Gasteiger partial charge on any atom is -0.497 e. The number of piperidine rings is 1. The molecule has 1 heterocycles. The average Bonchev–Trinajstić information content (AvgIpc) is 2.89. The molecule has 11 heteroatoms. The van der Waals surface area contributed by atoms with E-state index in [1.165, 1.54) is 47.8 Å². The van der Waals surface area contributed by atoms with Crippen molar-refractivity contribution in [3.63, 3.8) is 0 Å². The van der Waals surface area contributed by atoms with Gasteiger partial charge in [-0.3, -0.25) is 9.52 Å². The van der Waals surface area contributed by atoms with Gasteiger partial charge in [0, 0.05) is 24.5 Å². The lowest BCUT2D eigenvalue weighted by molar-refractivity contribution is -0.120. The van der Waals surface area contributed by atoms with Crippen LogP contribution in [-0.2, 0) is 24.8 Å². The molecule has 9 nitrogen and oxygen atoms in total. The second-order valence-corrected chi connectivity index (χ2v) is 12.5. The molecule has 37 heavy (non-hydrogen) atoms. The molecule has 0 saturated carbocycles.